The first kappa shape index (κ1) is 9.76. The number of nitrogens with one attached hydrogen (secondary N) is 2. The number of nitrogens with zero attached hydrogens (tertiary/aromatic N) is 3. The van der Waals surface area contributed by atoms with Gasteiger partial charge in [0, 0.05) is 18.9 Å². The average molecular weight is 205 g/mol. The molecule has 2 aromatic rings. The number of rotatable bonds is 4. The molecule has 1 atom stereocenters. The van der Waals surface area contributed by atoms with Gasteiger partial charge in [0.15, 0.2) is 0 Å². The Kier molecular flexibility index (Phi) is 2.71. The lowest BCUT2D eigenvalue weighted by atomic mass is 10.2. The van der Waals surface area contributed by atoms with Crippen molar-refractivity contribution in [1.29, 1.82) is 0 Å². The van der Waals surface area contributed by atoms with Gasteiger partial charge in [0.1, 0.15) is 0 Å². The third-order valence-electron chi connectivity index (χ3n) is 2.33. The smallest absolute Gasteiger partial charge is 0.0731 e. The van der Waals surface area contributed by atoms with Crippen molar-refractivity contribution >= 4 is 5.69 Å². The molecule has 2 N–H and O–H groups in total. The Morgan fingerprint density at radius 3 is 3.07 bits per heavy atom. The zero-order valence-corrected chi connectivity index (χ0v) is 8.94. The summed E-state index contributed by atoms with van der Waals surface area (Å²) in [6, 6.07) is 2.17. The minimum atomic E-state index is 0.210. The molecule has 0 aliphatic heterocycles. The highest BCUT2D eigenvalue weighted by Gasteiger charge is 2.06. The van der Waals surface area contributed by atoms with Crippen LogP contribution in [-0.2, 0) is 6.54 Å². The molecule has 80 valence electrons. The maximum Gasteiger partial charge on any atom is 0.0731 e. The van der Waals surface area contributed by atoms with Crippen molar-refractivity contribution in [3.63, 3.8) is 0 Å². The van der Waals surface area contributed by atoms with Crippen molar-refractivity contribution in [2.45, 2.75) is 26.4 Å². The van der Waals surface area contributed by atoms with E-state index in [4.69, 9.17) is 0 Å². The summed E-state index contributed by atoms with van der Waals surface area (Å²) in [7, 11) is 0. The number of aromatic amines is 1. The Morgan fingerprint density at radius 1 is 1.60 bits per heavy atom. The largest absolute Gasteiger partial charge is 0.374 e. The quantitative estimate of drug-likeness (QED) is 0.800. The van der Waals surface area contributed by atoms with Crippen LogP contribution in [0.5, 0.6) is 0 Å². The van der Waals surface area contributed by atoms with Crippen LogP contribution in [0.3, 0.4) is 0 Å². The Morgan fingerprint density at radius 2 is 2.47 bits per heavy atom. The van der Waals surface area contributed by atoms with Crippen molar-refractivity contribution in [2.24, 2.45) is 0 Å². The summed E-state index contributed by atoms with van der Waals surface area (Å²) in [6.45, 7) is 5.03. The fourth-order valence-electron chi connectivity index (χ4n) is 1.45. The highest BCUT2D eigenvalue weighted by Crippen LogP contribution is 2.15. The molecule has 0 spiro atoms. The van der Waals surface area contributed by atoms with Crippen LogP contribution < -0.4 is 5.32 Å². The fraction of sp³-hybridized carbons (Fsp3) is 0.400. The van der Waals surface area contributed by atoms with Gasteiger partial charge in [0.05, 0.1) is 23.6 Å². The second-order valence-corrected chi connectivity index (χ2v) is 3.46. The number of hydrogen-bond acceptors (Lipinski definition) is 3. The van der Waals surface area contributed by atoms with Gasteiger partial charge < -0.3 is 5.32 Å². The highest BCUT2D eigenvalue weighted by molar-refractivity contribution is 5.40. The van der Waals surface area contributed by atoms with E-state index in [1.165, 1.54) is 0 Å². The van der Waals surface area contributed by atoms with E-state index in [9.17, 15) is 0 Å². The van der Waals surface area contributed by atoms with Gasteiger partial charge in [-0.1, -0.05) is 0 Å². The van der Waals surface area contributed by atoms with E-state index < -0.39 is 0 Å². The number of H-pyrrole nitrogens is 1. The van der Waals surface area contributed by atoms with Gasteiger partial charge in [-0.3, -0.25) is 9.78 Å². The van der Waals surface area contributed by atoms with E-state index in [0.29, 0.717) is 0 Å². The molecule has 0 aliphatic carbocycles. The molecule has 5 heteroatoms. The molecular weight excluding hydrogens is 190 g/mol. The van der Waals surface area contributed by atoms with E-state index in [2.05, 4.69) is 34.5 Å². The van der Waals surface area contributed by atoms with Crippen molar-refractivity contribution in [1.82, 2.24) is 20.0 Å². The lowest BCUT2D eigenvalue weighted by Gasteiger charge is -2.10. The predicted octanol–water partition coefficient (Wildman–Crippen LogP) is 1.80. The second kappa shape index (κ2) is 4.16. The molecule has 2 rings (SSSR count). The van der Waals surface area contributed by atoms with Crippen molar-refractivity contribution in [3.05, 3.63) is 30.4 Å². The van der Waals surface area contributed by atoms with Crippen LogP contribution in [0.15, 0.2) is 24.7 Å². The zero-order chi connectivity index (χ0) is 10.7. The first-order valence-corrected chi connectivity index (χ1v) is 5.08. The molecule has 0 radical (unpaired) electrons. The van der Waals surface area contributed by atoms with Crippen molar-refractivity contribution in [3.8, 4) is 0 Å². The highest BCUT2D eigenvalue weighted by atomic mass is 15.3. The molecular formula is C10H15N5. The first-order chi connectivity index (χ1) is 7.29. The van der Waals surface area contributed by atoms with Crippen molar-refractivity contribution < 1.29 is 0 Å². The molecule has 0 saturated carbocycles. The minimum Gasteiger partial charge on any atom is -0.374 e. The Bertz CT molecular complexity index is 403. The van der Waals surface area contributed by atoms with E-state index in [-0.39, 0.29) is 6.04 Å². The number of aryl methyl sites for hydroxylation is 1. The van der Waals surface area contributed by atoms with Crippen LogP contribution in [-0.4, -0.2) is 20.0 Å². The van der Waals surface area contributed by atoms with E-state index >= 15 is 0 Å². The third-order valence-corrected chi connectivity index (χ3v) is 2.33. The molecule has 2 aromatic heterocycles. The maximum absolute atomic E-state index is 4.20. The Balaban J connectivity index is 2.02. The predicted molar refractivity (Wildman–Crippen MR) is 58.5 cm³/mol. The third kappa shape index (κ3) is 2.18. The molecule has 1 unspecified atom stereocenters. The first-order valence-electron chi connectivity index (χ1n) is 5.08. The SMILES string of the molecule is CCn1cc(NC(C)c2ccn[nH]2)cn1. The summed E-state index contributed by atoms with van der Waals surface area (Å²) in [5, 5.41) is 14.4. The van der Waals surface area contributed by atoms with E-state index in [1.54, 1.807) is 6.20 Å². The van der Waals surface area contributed by atoms with Crippen LogP contribution in [0.2, 0.25) is 0 Å². The summed E-state index contributed by atoms with van der Waals surface area (Å²) in [6.07, 6.45) is 5.58. The lowest BCUT2D eigenvalue weighted by Crippen LogP contribution is -2.06. The Labute approximate surface area is 88.5 Å². The van der Waals surface area contributed by atoms with Crippen LogP contribution in [0.25, 0.3) is 0 Å². The van der Waals surface area contributed by atoms with Crippen LogP contribution in [0.1, 0.15) is 25.6 Å². The fourth-order valence-corrected chi connectivity index (χ4v) is 1.45. The molecule has 2 heterocycles. The van der Waals surface area contributed by atoms with Gasteiger partial charge in [-0.2, -0.15) is 10.2 Å². The normalized spacial score (nSPS) is 12.7. The molecule has 0 fully saturated rings. The summed E-state index contributed by atoms with van der Waals surface area (Å²) in [4.78, 5) is 0. The van der Waals surface area contributed by atoms with Crippen molar-refractivity contribution in [2.75, 3.05) is 5.32 Å². The molecule has 0 aromatic carbocycles. The summed E-state index contributed by atoms with van der Waals surface area (Å²) in [5.41, 5.74) is 2.10. The molecule has 0 amide bonds. The van der Waals surface area contributed by atoms with Gasteiger partial charge in [0.25, 0.3) is 0 Å². The van der Waals surface area contributed by atoms with Crippen LogP contribution >= 0.6 is 0 Å². The molecule has 0 bridgehead atoms. The molecule has 5 nitrogen and oxygen atoms in total. The molecule has 0 saturated heterocycles. The second-order valence-electron chi connectivity index (χ2n) is 3.46. The molecule has 15 heavy (non-hydrogen) atoms. The summed E-state index contributed by atoms with van der Waals surface area (Å²) in [5.74, 6) is 0. The van der Waals surface area contributed by atoms with E-state index in [1.807, 2.05) is 23.1 Å². The van der Waals surface area contributed by atoms with Gasteiger partial charge in [-0.15, -0.1) is 0 Å². The lowest BCUT2D eigenvalue weighted by molar-refractivity contribution is 0.660. The Hall–Kier alpha value is -1.78. The minimum absolute atomic E-state index is 0.210. The zero-order valence-electron chi connectivity index (χ0n) is 8.94. The molecule has 0 aliphatic rings. The topological polar surface area (TPSA) is 58.5 Å². The van der Waals surface area contributed by atoms with Gasteiger partial charge >= 0.3 is 0 Å². The van der Waals surface area contributed by atoms with E-state index in [0.717, 1.165) is 17.9 Å². The number of hydrogen-bond donors (Lipinski definition) is 2. The van der Waals surface area contributed by atoms with Crippen LogP contribution in [0.4, 0.5) is 5.69 Å². The number of anilines is 1. The summed E-state index contributed by atoms with van der Waals surface area (Å²) >= 11 is 0. The van der Waals surface area contributed by atoms with Gasteiger partial charge in [-0.25, -0.2) is 0 Å². The standard InChI is InChI=1S/C10H15N5/c1-3-15-7-9(6-12-15)13-8(2)10-4-5-11-14-10/h4-8,13H,3H2,1-2H3,(H,11,14). The maximum atomic E-state index is 4.20. The van der Waals surface area contributed by atoms with Crippen LogP contribution in [0, 0.1) is 0 Å². The number of aromatic nitrogens is 4. The van der Waals surface area contributed by atoms with Gasteiger partial charge in [-0.05, 0) is 19.9 Å². The average Bonchev–Trinajstić information content (AvgIpc) is 2.87. The summed E-state index contributed by atoms with van der Waals surface area (Å²) < 4.78 is 1.89. The monoisotopic (exact) mass is 205 g/mol. The van der Waals surface area contributed by atoms with Gasteiger partial charge in [0.2, 0.25) is 0 Å².